The number of benzene rings is 1. The highest BCUT2D eigenvalue weighted by atomic mass is 35.5. The Labute approximate surface area is 119 Å². The van der Waals surface area contributed by atoms with Gasteiger partial charge in [-0.1, -0.05) is 25.4 Å². The van der Waals surface area contributed by atoms with E-state index in [1.165, 1.54) is 0 Å². The van der Waals surface area contributed by atoms with Gasteiger partial charge in [-0.2, -0.15) is 0 Å². The molecule has 0 aliphatic heterocycles. The summed E-state index contributed by atoms with van der Waals surface area (Å²) in [5.41, 5.74) is 12.0. The van der Waals surface area contributed by atoms with Crippen LogP contribution in [0.3, 0.4) is 0 Å². The first kappa shape index (κ1) is 15.8. The maximum atomic E-state index is 11.5. The van der Waals surface area contributed by atoms with Crippen molar-refractivity contribution < 1.29 is 4.79 Å². The smallest absolute Gasteiger partial charge is 0.250 e. The fourth-order valence-electron chi connectivity index (χ4n) is 2.24. The zero-order valence-corrected chi connectivity index (χ0v) is 12.4. The molecule has 1 unspecified atom stereocenters. The van der Waals surface area contributed by atoms with E-state index in [9.17, 15) is 4.79 Å². The third kappa shape index (κ3) is 4.40. The van der Waals surface area contributed by atoms with Crippen molar-refractivity contribution in [1.82, 2.24) is 0 Å². The van der Waals surface area contributed by atoms with E-state index in [-0.39, 0.29) is 5.54 Å². The predicted molar refractivity (Wildman–Crippen MR) is 80.5 cm³/mol. The molecule has 1 aromatic carbocycles. The van der Waals surface area contributed by atoms with Crippen LogP contribution in [0.2, 0.25) is 5.02 Å². The molecule has 0 spiro atoms. The van der Waals surface area contributed by atoms with Crippen LogP contribution in [0.25, 0.3) is 0 Å². The van der Waals surface area contributed by atoms with Crippen LogP contribution < -0.4 is 16.8 Å². The van der Waals surface area contributed by atoms with Gasteiger partial charge in [-0.05, 0) is 37.5 Å². The first-order valence-electron chi connectivity index (χ1n) is 6.35. The highest BCUT2D eigenvalue weighted by molar-refractivity contribution is 6.31. The van der Waals surface area contributed by atoms with Gasteiger partial charge in [0.1, 0.15) is 0 Å². The molecule has 1 amide bonds. The van der Waals surface area contributed by atoms with Crippen LogP contribution >= 0.6 is 11.6 Å². The summed E-state index contributed by atoms with van der Waals surface area (Å²) in [7, 11) is 0. The summed E-state index contributed by atoms with van der Waals surface area (Å²) in [5, 5.41) is 3.81. The Bertz CT molecular complexity index is 462. The van der Waals surface area contributed by atoms with Gasteiger partial charge >= 0.3 is 0 Å². The van der Waals surface area contributed by atoms with Crippen LogP contribution in [0, 0.1) is 5.92 Å². The summed E-state index contributed by atoms with van der Waals surface area (Å²) < 4.78 is 0. The summed E-state index contributed by atoms with van der Waals surface area (Å²) in [5.74, 6) is -0.0145. The molecule has 0 heterocycles. The molecule has 1 rings (SSSR count). The lowest BCUT2D eigenvalue weighted by atomic mass is 9.90. The van der Waals surface area contributed by atoms with Crippen LogP contribution in [0.4, 0.5) is 5.69 Å². The van der Waals surface area contributed by atoms with E-state index in [0.717, 1.165) is 6.42 Å². The van der Waals surface area contributed by atoms with Gasteiger partial charge in [0.15, 0.2) is 0 Å². The molecule has 0 aliphatic carbocycles. The van der Waals surface area contributed by atoms with E-state index in [0.29, 0.717) is 28.7 Å². The summed E-state index contributed by atoms with van der Waals surface area (Å²) >= 11 is 5.89. The largest absolute Gasteiger partial charge is 0.378 e. The number of primary amides is 1. The minimum Gasteiger partial charge on any atom is -0.378 e. The fourth-order valence-corrected chi connectivity index (χ4v) is 2.41. The second-order valence-electron chi connectivity index (χ2n) is 5.54. The number of carbonyl (C=O) groups is 1. The lowest BCUT2D eigenvalue weighted by Crippen LogP contribution is -2.44. The maximum Gasteiger partial charge on any atom is 0.250 e. The second-order valence-corrected chi connectivity index (χ2v) is 5.98. The monoisotopic (exact) mass is 283 g/mol. The van der Waals surface area contributed by atoms with Gasteiger partial charge in [-0.3, -0.25) is 4.79 Å². The van der Waals surface area contributed by atoms with E-state index in [4.69, 9.17) is 23.1 Å². The Balaban J connectivity index is 3.06. The molecule has 106 valence electrons. The van der Waals surface area contributed by atoms with Crippen molar-refractivity contribution in [3.63, 3.8) is 0 Å². The molecule has 5 heteroatoms. The predicted octanol–water partition coefficient (Wildman–Crippen LogP) is 2.61. The molecule has 4 nitrogen and oxygen atoms in total. The van der Waals surface area contributed by atoms with Gasteiger partial charge in [0.05, 0.1) is 5.56 Å². The molecule has 0 aliphatic rings. The number of halogens is 1. The molecular weight excluding hydrogens is 262 g/mol. The minimum absolute atomic E-state index is 0.286. The standard InChI is InChI=1S/C14H22ClN3O/c1-9(2)7-14(3,8-16)18-12-5-4-10(15)6-11(12)13(17)19/h4-6,9,18H,7-8,16H2,1-3H3,(H2,17,19). The number of carbonyl (C=O) groups excluding carboxylic acids is 1. The SMILES string of the molecule is CC(C)CC(C)(CN)Nc1ccc(Cl)cc1C(N)=O. The third-order valence-electron chi connectivity index (χ3n) is 2.99. The highest BCUT2D eigenvalue weighted by Gasteiger charge is 2.25. The van der Waals surface area contributed by atoms with E-state index in [1.807, 2.05) is 6.92 Å². The van der Waals surface area contributed by atoms with E-state index in [1.54, 1.807) is 18.2 Å². The van der Waals surface area contributed by atoms with Gasteiger partial charge in [0.25, 0.3) is 5.91 Å². The molecule has 0 aromatic heterocycles. The zero-order chi connectivity index (χ0) is 14.6. The average molecular weight is 284 g/mol. The van der Waals surface area contributed by atoms with Crippen LogP contribution in [0.5, 0.6) is 0 Å². The maximum absolute atomic E-state index is 11.5. The fraction of sp³-hybridized carbons (Fsp3) is 0.500. The lowest BCUT2D eigenvalue weighted by Gasteiger charge is -2.33. The molecule has 0 radical (unpaired) electrons. The Morgan fingerprint density at radius 2 is 2.11 bits per heavy atom. The minimum atomic E-state index is -0.506. The number of amides is 1. The average Bonchev–Trinajstić information content (AvgIpc) is 2.30. The van der Waals surface area contributed by atoms with Crippen molar-refractivity contribution in [2.24, 2.45) is 17.4 Å². The van der Waals surface area contributed by atoms with Crippen LogP contribution in [0.15, 0.2) is 18.2 Å². The Morgan fingerprint density at radius 3 is 2.58 bits per heavy atom. The molecule has 1 aromatic rings. The molecule has 0 fully saturated rings. The highest BCUT2D eigenvalue weighted by Crippen LogP contribution is 2.26. The lowest BCUT2D eigenvalue weighted by molar-refractivity contribution is 0.100. The number of hydrogen-bond acceptors (Lipinski definition) is 3. The van der Waals surface area contributed by atoms with Crippen molar-refractivity contribution in [3.05, 3.63) is 28.8 Å². The topological polar surface area (TPSA) is 81.1 Å². The van der Waals surface area contributed by atoms with Gasteiger partial charge in [0.2, 0.25) is 0 Å². The summed E-state index contributed by atoms with van der Waals surface area (Å²) in [6.07, 6.45) is 0.893. The van der Waals surface area contributed by atoms with Gasteiger partial charge in [0, 0.05) is 22.8 Å². The number of nitrogens with two attached hydrogens (primary N) is 2. The quantitative estimate of drug-likeness (QED) is 0.751. The molecule has 5 N–H and O–H groups in total. The number of hydrogen-bond donors (Lipinski definition) is 3. The van der Waals surface area contributed by atoms with E-state index >= 15 is 0 Å². The third-order valence-corrected chi connectivity index (χ3v) is 3.23. The number of rotatable bonds is 6. The summed E-state index contributed by atoms with van der Waals surface area (Å²) in [4.78, 5) is 11.5. The van der Waals surface area contributed by atoms with Crippen molar-refractivity contribution in [3.8, 4) is 0 Å². The molecule has 19 heavy (non-hydrogen) atoms. The summed E-state index contributed by atoms with van der Waals surface area (Å²) in [6, 6.07) is 5.05. The van der Waals surface area contributed by atoms with Crippen molar-refractivity contribution in [2.45, 2.75) is 32.7 Å². The van der Waals surface area contributed by atoms with Gasteiger partial charge < -0.3 is 16.8 Å². The molecule has 1 atom stereocenters. The van der Waals surface area contributed by atoms with E-state index in [2.05, 4.69) is 19.2 Å². The van der Waals surface area contributed by atoms with E-state index < -0.39 is 5.91 Å². The molecule has 0 bridgehead atoms. The zero-order valence-electron chi connectivity index (χ0n) is 11.7. The Kier molecular flexibility index (Phi) is 5.20. The van der Waals surface area contributed by atoms with Crippen LogP contribution in [-0.4, -0.2) is 18.0 Å². The number of nitrogens with one attached hydrogen (secondary N) is 1. The first-order valence-corrected chi connectivity index (χ1v) is 6.73. The van der Waals surface area contributed by atoms with Crippen molar-refractivity contribution >= 4 is 23.2 Å². The second kappa shape index (κ2) is 6.26. The Hall–Kier alpha value is -1.26. The summed E-state index contributed by atoms with van der Waals surface area (Å²) in [6.45, 7) is 6.76. The normalized spacial score (nSPS) is 14.2. The van der Waals surface area contributed by atoms with Crippen molar-refractivity contribution in [2.75, 3.05) is 11.9 Å². The molecule has 0 saturated carbocycles. The van der Waals surface area contributed by atoms with Crippen molar-refractivity contribution in [1.29, 1.82) is 0 Å². The molecular formula is C14H22ClN3O. The van der Waals surface area contributed by atoms with Crippen LogP contribution in [0.1, 0.15) is 37.6 Å². The number of anilines is 1. The Morgan fingerprint density at radius 1 is 1.47 bits per heavy atom. The molecule has 0 saturated heterocycles. The van der Waals surface area contributed by atoms with Crippen LogP contribution in [-0.2, 0) is 0 Å². The van der Waals surface area contributed by atoms with Gasteiger partial charge in [-0.15, -0.1) is 0 Å². The van der Waals surface area contributed by atoms with Gasteiger partial charge in [-0.25, -0.2) is 0 Å². The first-order chi connectivity index (χ1) is 8.77.